The van der Waals surface area contributed by atoms with Crippen molar-refractivity contribution >= 4 is 27.5 Å². The summed E-state index contributed by atoms with van der Waals surface area (Å²) in [6.07, 6.45) is -4.41. The number of carbonyl (C=O) groups excluding carboxylic acids is 1. The smallest absolute Gasteiger partial charge is 0.364 e. The molecule has 2 aromatic rings. The topological polar surface area (TPSA) is 51.2 Å². The highest BCUT2D eigenvalue weighted by Crippen LogP contribution is 2.21. The summed E-state index contributed by atoms with van der Waals surface area (Å²) in [4.78, 5) is 15.4. The molecule has 0 fully saturated rings. The van der Waals surface area contributed by atoms with Crippen molar-refractivity contribution in [2.24, 2.45) is 0 Å². The van der Waals surface area contributed by atoms with E-state index in [1.54, 1.807) is 5.32 Å². The molecule has 0 spiro atoms. The Morgan fingerprint density at radius 3 is 2.80 bits per heavy atom. The van der Waals surface area contributed by atoms with Crippen molar-refractivity contribution in [1.29, 1.82) is 0 Å². The zero-order valence-corrected chi connectivity index (χ0v) is 11.1. The van der Waals surface area contributed by atoms with Crippen LogP contribution in [0.2, 0.25) is 0 Å². The van der Waals surface area contributed by atoms with Crippen LogP contribution in [0.4, 0.5) is 13.2 Å². The van der Waals surface area contributed by atoms with Crippen LogP contribution >= 0.6 is 11.3 Å². The van der Waals surface area contributed by atoms with Crippen LogP contribution in [0.15, 0.2) is 24.3 Å². The lowest BCUT2D eigenvalue weighted by atomic mass is 10.3. The number of halogens is 3. The van der Waals surface area contributed by atoms with Gasteiger partial charge in [-0.1, -0.05) is 12.1 Å². The number of aromatic nitrogens is 1. The van der Waals surface area contributed by atoms with Gasteiger partial charge in [-0.05, 0) is 12.1 Å². The SMILES string of the molecule is O=C(COCc1nc2ccccc2s1)NCC(F)(F)F. The molecule has 8 heteroatoms. The van der Waals surface area contributed by atoms with E-state index in [0.29, 0.717) is 5.01 Å². The highest BCUT2D eigenvalue weighted by atomic mass is 32.1. The maximum absolute atomic E-state index is 11.9. The van der Waals surface area contributed by atoms with Crippen LogP contribution in [-0.2, 0) is 16.1 Å². The van der Waals surface area contributed by atoms with Crippen LogP contribution in [0.25, 0.3) is 10.2 Å². The first-order valence-electron chi connectivity index (χ1n) is 5.70. The molecule has 1 amide bonds. The van der Waals surface area contributed by atoms with Gasteiger partial charge in [0.2, 0.25) is 5.91 Å². The molecule has 1 aromatic carbocycles. The monoisotopic (exact) mass is 304 g/mol. The molecule has 0 aliphatic rings. The van der Waals surface area contributed by atoms with E-state index in [1.807, 2.05) is 24.3 Å². The molecule has 0 saturated carbocycles. The third kappa shape index (κ3) is 4.46. The number of ether oxygens (including phenoxy) is 1. The van der Waals surface area contributed by atoms with E-state index >= 15 is 0 Å². The number of thiazole rings is 1. The van der Waals surface area contributed by atoms with Crippen LogP contribution in [0.3, 0.4) is 0 Å². The van der Waals surface area contributed by atoms with Crippen molar-refractivity contribution in [3.05, 3.63) is 29.3 Å². The number of alkyl halides is 3. The molecule has 0 aliphatic carbocycles. The zero-order valence-electron chi connectivity index (χ0n) is 10.2. The Hall–Kier alpha value is -1.67. The molecule has 1 aromatic heterocycles. The second-order valence-electron chi connectivity index (χ2n) is 3.96. The summed E-state index contributed by atoms with van der Waals surface area (Å²) >= 11 is 1.42. The number of carbonyl (C=O) groups is 1. The Labute approximate surface area is 116 Å². The van der Waals surface area contributed by atoms with E-state index in [-0.39, 0.29) is 6.61 Å². The summed E-state index contributed by atoms with van der Waals surface area (Å²) in [5.41, 5.74) is 0.831. The minimum absolute atomic E-state index is 0.0960. The molecule has 2 rings (SSSR count). The normalized spacial score (nSPS) is 11.8. The number of benzene rings is 1. The molecule has 0 bridgehead atoms. The second-order valence-corrected chi connectivity index (χ2v) is 5.08. The van der Waals surface area contributed by atoms with E-state index in [0.717, 1.165) is 10.2 Å². The van der Waals surface area contributed by atoms with Gasteiger partial charge in [0.15, 0.2) is 0 Å². The summed E-state index contributed by atoms with van der Waals surface area (Å²) < 4.78 is 41.6. The fourth-order valence-electron chi connectivity index (χ4n) is 1.46. The fraction of sp³-hybridized carbons (Fsp3) is 0.333. The predicted molar refractivity (Wildman–Crippen MR) is 68.3 cm³/mol. The number of hydrogen-bond acceptors (Lipinski definition) is 4. The maximum atomic E-state index is 11.9. The summed E-state index contributed by atoms with van der Waals surface area (Å²) in [5.74, 6) is -0.802. The number of nitrogens with one attached hydrogen (secondary N) is 1. The summed E-state index contributed by atoms with van der Waals surface area (Å²) in [5, 5.41) is 2.41. The van der Waals surface area contributed by atoms with Crippen LogP contribution in [-0.4, -0.2) is 30.2 Å². The van der Waals surface area contributed by atoms with Crippen LogP contribution in [0, 0.1) is 0 Å². The van der Waals surface area contributed by atoms with E-state index < -0.39 is 25.2 Å². The van der Waals surface area contributed by atoms with Gasteiger partial charge in [0.25, 0.3) is 0 Å². The van der Waals surface area contributed by atoms with Crippen LogP contribution in [0.5, 0.6) is 0 Å². The molecule has 0 atom stereocenters. The molecule has 20 heavy (non-hydrogen) atoms. The summed E-state index contributed by atoms with van der Waals surface area (Å²) in [6.45, 7) is -1.68. The highest BCUT2D eigenvalue weighted by Gasteiger charge is 2.27. The van der Waals surface area contributed by atoms with Gasteiger partial charge in [-0.15, -0.1) is 11.3 Å². The maximum Gasteiger partial charge on any atom is 0.405 e. The van der Waals surface area contributed by atoms with Gasteiger partial charge in [0.05, 0.1) is 16.8 Å². The zero-order chi connectivity index (χ0) is 14.6. The van der Waals surface area contributed by atoms with Gasteiger partial charge in [-0.3, -0.25) is 4.79 Å². The molecular formula is C12H11F3N2O2S. The van der Waals surface area contributed by atoms with Crippen molar-refractivity contribution in [3.8, 4) is 0 Å². The lowest BCUT2D eigenvalue weighted by Gasteiger charge is -2.08. The predicted octanol–water partition coefficient (Wildman–Crippen LogP) is 2.49. The minimum atomic E-state index is -4.41. The van der Waals surface area contributed by atoms with E-state index in [9.17, 15) is 18.0 Å². The Balaban J connectivity index is 1.76. The first-order chi connectivity index (χ1) is 9.44. The molecule has 108 valence electrons. The lowest BCUT2D eigenvalue weighted by molar-refractivity contribution is -0.141. The van der Waals surface area contributed by atoms with Crippen molar-refractivity contribution in [2.45, 2.75) is 12.8 Å². The van der Waals surface area contributed by atoms with Crippen molar-refractivity contribution in [2.75, 3.05) is 13.2 Å². The highest BCUT2D eigenvalue weighted by molar-refractivity contribution is 7.18. The Morgan fingerprint density at radius 1 is 1.35 bits per heavy atom. The second kappa shape index (κ2) is 6.19. The standard InChI is InChI=1S/C12H11F3N2O2S/c13-12(14,15)7-16-10(18)5-19-6-11-17-8-3-1-2-4-9(8)20-11/h1-4H,5-7H2,(H,16,18). The first-order valence-corrected chi connectivity index (χ1v) is 6.51. The van der Waals surface area contributed by atoms with Crippen molar-refractivity contribution < 1.29 is 22.7 Å². The van der Waals surface area contributed by atoms with Gasteiger partial charge in [0, 0.05) is 0 Å². The van der Waals surface area contributed by atoms with E-state index in [4.69, 9.17) is 4.74 Å². The number of rotatable bonds is 5. The third-order valence-corrected chi connectivity index (χ3v) is 3.29. The molecule has 1 heterocycles. The fourth-order valence-corrected chi connectivity index (χ4v) is 2.37. The molecule has 0 aliphatic heterocycles. The quantitative estimate of drug-likeness (QED) is 0.923. The number of fused-ring (bicyclic) bond motifs is 1. The average molecular weight is 304 g/mol. The molecule has 0 unspecified atom stereocenters. The van der Waals surface area contributed by atoms with Crippen molar-refractivity contribution in [3.63, 3.8) is 0 Å². The average Bonchev–Trinajstić information content (AvgIpc) is 2.78. The number of hydrogen-bond donors (Lipinski definition) is 1. The number of nitrogens with zero attached hydrogens (tertiary/aromatic N) is 1. The Kier molecular flexibility index (Phi) is 4.56. The molecule has 1 N–H and O–H groups in total. The first kappa shape index (κ1) is 14.7. The number of amides is 1. The minimum Gasteiger partial charge on any atom is -0.364 e. The van der Waals surface area contributed by atoms with Gasteiger partial charge in [-0.25, -0.2) is 4.98 Å². The van der Waals surface area contributed by atoms with E-state index in [2.05, 4.69) is 4.98 Å². The van der Waals surface area contributed by atoms with Gasteiger partial charge in [-0.2, -0.15) is 13.2 Å². The molecule has 0 saturated heterocycles. The molecular weight excluding hydrogens is 293 g/mol. The van der Waals surface area contributed by atoms with Crippen LogP contribution < -0.4 is 5.32 Å². The van der Waals surface area contributed by atoms with Gasteiger partial charge in [0.1, 0.15) is 18.2 Å². The van der Waals surface area contributed by atoms with E-state index in [1.165, 1.54) is 11.3 Å². The van der Waals surface area contributed by atoms with Gasteiger partial charge >= 0.3 is 6.18 Å². The van der Waals surface area contributed by atoms with Gasteiger partial charge < -0.3 is 10.1 Å². The largest absolute Gasteiger partial charge is 0.405 e. The molecule has 0 radical (unpaired) electrons. The summed E-state index contributed by atoms with van der Waals surface area (Å²) in [6, 6.07) is 7.50. The number of para-hydroxylation sites is 1. The Bertz CT molecular complexity index is 565. The van der Waals surface area contributed by atoms with Crippen molar-refractivity contribution in [1.82, 2.24) is 10.3 Å². The molecule has 4 nitrogen and oxygen atoms in total. The van der Waals surface area contributed by atoms with Crippen LogP contribution in [0.1, 0.15) is 5.01 Å². The Morgan fingerprint density at radius 2 is 2.10 bits per heavy atom. The summed E-state index contributed by atoms with van der Waals surface area (Å²) in [7, 11) is 0. The third-order valence-electron chi connectivity index (χ3n) is 2.28. The lowest BCUT2D eigenvalue weighted by Crippen LogP contribution is -2.35.